The van der Waals surface area contributed by atoms with Gasteiger partial charge in [-0.2, -0.15) is 0 Å². The Balaban J connectivity index is 1.68. The number of hydrazine groups is 1. The van der Waals surface area contributed by atoms with Crippen molar-refractivity contribution in [2.75, 3.05) is 31.1 Å². The molecule has 3 aromatic rings. The third-order valence-electron chi connectivity index (χ3n) is 6.23. The number of thiol groups is 1. The lowest BCUT2D eigenvalue weighted by molar-refractivity contribution is 0.184. The lowest BCUT2D eigenvalue weighted by Crippen LogP contribution is -2.57. The number of pyridine rings is 1. The molecule has 2 N–H and O–H groups in total. The van der Waals surface area contributed by atoms with E-state index in [2.05, 4.69) is 95.2 Å². The van der Waals surface area contributed by atoms with Crippen LogP contribution in [0.1, 0.15) is 32.4 Å². The van der Waals surface area contributed by atoms with E-state index >= 15 is 0 Å². The van der Waals surface area contributed by atoms with Crippen LogP contribution >= 0.6 is 36.0 Å². The molecule has 1 aromatic heterocycles. The molecular formula is C25H30Cl2N6S. The van der Waals surface area contributed by atoms with Crippen molar-refractivity contribution in [1.82, 2.24) is 14.9 Å². The number of benzene rings is 2. The predicted octanol–water partition coefficient (Wildman–Crippen LogP) is 5.62. The SMILES string of the molecule is CC(C)(C)N(N)C(=NS)C(c1ccc2ccccc2c1)N1CCN(c2c(Cl)cncc2Cl)CC1. The number of anilines is 1. The van der Waals surface area contributed by atoms with Crippen molar-refractivity contribution in [3.8, 4) is 0 Å². The molecule has 1 unspecified atom stereocenters. The zero-order valence-corrected chi connectivity index (χ0v) is 22.0. The molecule has 0 saturated carbocycles. The number of fused-ring (bicyclic) bond motifs is 1. The Morgan fingerprint density at radius 1 is 1.03 bits per heavy atom. The Morgan fingerprint density at radius 3 is 2.24 bits per heavy atom. The third kappa shape index (κ3) is 5.14. The number of aromatic nitrogens is 1. The van der Waals surface area contributed by atoms with Crippen LogP contribution in [0.5, 0.6) is 0 Å². The molecule has 2 heterocycles. The van der Waals surface area contributed by atoms with Gasteiger partial charge in [-0.1, -0.05) is 59.6 Å². The molecule has 1 atom stereocenters. The number of amidine groups is 1. The van der Waals surface area contributed by atoms with Crippen molar-refractivity contribution in [3.05, 3.63) is 70.5 Å². The van der Waals surface area contributed by atoms with Crippen molar-refractivity contribution >= 4 is 58.3 Å². The van der Waals surface area contributed by atoms with Crippen LogP contribution in [-0.4, -0.2) is 52.4 Å². The van der Waals surface area contributed by atoms with Gasteiger partial charge >= 0.3 is 0 Å². The summed E-state index contributed by atoms with van der Waals surface area (Å²) in [4.78, 5) is 8.68. The molecule has 9 heteroatoms. The summed E-state index contributed by atoms with van der Waals surface area (Å²) in [6, 6.07) is 14.7. The monoisotopic (exact) mass is 516 g/mol. The zero-order chi connectivity index (χ0) is 24.5. The van der Waals surface area contributed by atoms with E-state index in [0.29, 0.717) is 15.9 Å². The van der Waals surface area contributed by atoms with Gasteiger partial charge < -0.3 is 4.90 Å². The molecule has 0 aliphatic carbocycles. The van der Waals surface area contributed by atoms with Gasteiger partial charge in [-0.3, -0.25) is 14.9 Å². The van der Waals surface area contributed by atoms with Gasteiger partial charge in [0.25, 0.3) is 0 Å². The van der Waals surface area contributed by atoms with Crippen molar-refractivity contribution in [1.29, 1.82) is 0 Å². The maximum absolute atomic E-state index is 6.60. The summed E-state index contributed by atoms with van der Waals surface area (Å²) >= 11 is 17.2. The molecule has 4 rings (SSSR count). The maximum atomic E-state index is 6.60. The topological polar surface area (TPSA) is 61.0 Å². The highest BCUT2D eigenvalue weighted by Crippen LogP contribution is 2.35. The molecule has 2 aromatic carbocycles. The van der Waals surface area contributed by atoms with E-state index < -0.39 is 0 Å². The lowest BCUT2D eigenvalue weighted by Gasteiger charge is -2.44. The number of nitrogens with zero attached hydrogens (tertiary/aromatic N) is 5. The largest absolute Gasteiger partial charge is 0.366 e. The minimum Gasteiger partial charge on any atom is -0.366 e. The molecule has 1 saturated heterocycles. The fourth-order valence-corrected chi connectivity index (χ4v) is 5.20. The van der Waals surface area contributed by atoms with E-state index in [1.54, 1.807) is 17.4 Å². The number of hydrogen-bond donors (Lipinski definition) is 2. The van der Waals surface area contributed by atoms with E-state index in [4.69, 9.17) is 29.0 Å². The van der Waals surface area contributed by atoms with Gasteiger partial charge in [-0.15, -0.1) is 0 Å². The van der Waals surface area contributed by atoms with Gasteiger partial charge in [0.2, 0.25) is 0 Å². The first-order chi connectivity index (χ1) is 16.2. The molecule has 0 bridgehead atoms. The van der Waals surface area contributed by atoms with Crippen molar-refractivity contribution in [2.45, 2.75) is 32.4 Å². The fraction of sp³-hybridized carbons (Fsp3) is 0.360. The Kier molecular flexibility index (Phi) is 7.60. The van der Waals surface area contributed by atoms with Crippen LogP contribution in [0, 0.1) is 0 Å². The molecule has 34 heavy (non-hydrogen) atoms. The normalized spacial score (nSPS) is 16.7. The van der Waals surface area contributed by atoms with Crippen LogP contribution in [0.3, 0.4) is 0 Å². The van der Waals surface area contributed by atoms with Crippen LogP contribution in [-0.2, 0) is 0 Å². The van der Waals surface area contributed by atoms with Gasteiger partial charge in [0, 0.05) is 44.1 Å². The van der Waals surface area contributed by atoms with Crippen molar-refractivity contribution in [2.24, 2.45) is 10.2 Å². The molecule has 0 spiro atoms. The number of rotatable bonds is 4. The van der Waals surface area contributed by atoms with Crippen LogP contribution in [0.2, 0.25) is 10.0 Å². The molecule has 1 aliphatic heterocycles. The summed E-state index contributed by atoms with van der Waals surface area (Å²) in [6.07, 6.45) is 3.27. The standard InChI is InChI=1S/C25H30Cl2N6S/c1-25(2,3)33(28)24(30-34)22(19-9-8-17-6-4-5-7-18(17)14-19)31-10-12-32(13-11-31)23-20(26)15-29-16-21(23)27/h4-9,14-16,22,34H,10-13,28H2,1-3H3. The summed E-state index contributed by atoms with van der Waals surface area (Å²) in [7, 11) is 0. The Bertz CT molecular complexity index is 1170. The molecule has 1 fully saturated rings. The quantitative estimate of drug-likeness (QED) is 0.155. The van der Waals surface area contributed by atoms with Gasteiger partial charge in [-0.05, 0) is 56.0 Å². The predicted molar refractivity (Wildman–Crippen MR) is 147 cm³/mol. The fourth-order valence-electron chi connectivity index (χ4n) is 4.39. The zero-order valence-electron chi connectivity index (χ0n) is 19.6. The average molecular weight is 518 g/mol. The van der Waals surface area contributed by atoms with Crippen LogP contribution in [0.4, 0.5) is 5.69 Å². The highest BCUT2D eigenvalue weighted by molar-refractivity contribution is 7.79. The molecule has 6 nitrogen and oxygen atoms in total. The van der Waals surface area contributed by atoms with E-state index in [0.717, 1.165) is 37.4 Å². The van der Waals surface area contributed by atoms with E-state index in [9.17, 15) is 0 Å². The highest BCUT2D eigenvalue weighted by Gasteiger charge is 2.35. The van der Waals surface area contributed by atoms with Gasteiger partial charge in [0.15, 0.2) is 0 Å². The third-order valence-corrected chi connectivity index (χ3v) is 6.99. The van der Waals surface area contributed by atoms with E-state index in [-0.39, 0.29) is 11.6 Å². The summed E-state index contributed by atoms with van der Waals surface area (Å²) in [6.45, 7) is 9.26. The van der Waals surface area contributed by atoms with Crippen LogP contribution < -0.4 is 10.7 Å². The summed E-state index contributed by atoms with van der Waals surface area (Å²) in [5.41, 5.74) is 1.63. The number of halogens is 2. The summed E-state index contributed by atoms with van der Waals surface area (Å²) in [5, 5.41) is 5.22. The Labute approximate surface area is 216 Å². The second-order valence-corrected chi connectivity index (χ2v) is 10.5. The first kappa shape index (κ1) is 25.1. The van der Waals surface area contributed by atoms with Crippen LogP contribution in [0.15, 0.2) is 59.3 Å². The minimum absolute atomic E-state index is 0.156. The number of nitrogens with two attached hydrogens (primary N) is 1. The second kappa shape index (κ2) is 10.3. The molecule has 180 valence electrons. The first-order valence-corrected chi connectivity index (χ1v) is 12.4. The summed E-state index contributed by atoms with van der Waals surface area (Å²) in [5.74, 6) is 7.30. The van der Waals surface area contributed by atoms with Crippen molar-refractivity contribution < 1.29 is 0 Å². The van der Waals surface area contributed by atoms with E-state index in [1.165, 1.54) is 10.8 Å². The van der Waals surface area contributed by atoms with Gasteiger partial charge in [0.05, 0.1) is 21.8 Å². The number of piperazine rings is 1. The maximum Gasteiger partial charge on any atom is 0.149 e. The first-order valence-electron chi connectivity index (χ1n) is 11.2. The van der Waals surface area contributed by atoms with Crippen molar-refractivity contribution in [3.63, 3.8) is 0 Å². The second-order valence-electron chi connectivity index (χ2n) is 9.48. The van der Waals surface area contributed by atoms with Gasteiger partial charge in [-0.25, -0.2) is 10.2 Å². The van der Waals surface area contributed by atoms with Gasteiger partial charge in [0.1, 0.15) is 5.84 Å². The lowest BCUT2D eigenvalue weighted by atomic mass is 9.97. The smallest absolute Gasteiger partial charge is 0.149 e. The van der Waals surface area contributed by atoms with Crippen LogP contribution in [0.25, 0.3) is 10.8 Å². The molecular weight excluding hydrogens is 487 g/mol. The minimum atomic E-state index is -0.323. The molecule has 0 radical (unpaired) electrons. The number of hydrogen-bond acceptors (Lipinski definition) is 6. The average Bonchev–Trinajstić information content (AvgIpc) is 2.81. The highest BCUT2D eigenvalue weighted by atomic mass is 35.5. The Hall–Kier alpha value is -2.03. The molecule has 0 amide bonds. The summed E-state index contributed by atoms with van der Waals surface area (Å²) < 4.78 is 4.40. The molecule has 1 aliphatic rings. The van der Waals surface area contributed by atoms with E-state index in [1.807, 2.05) is 0 Å². The Morgan fingerprint density at radius 2 is 1.65 bits per heavy atom.